The van der Waals surface area contributed by atoms with E-state index >= 15 is 0 Å². The van der Waals surface area contributed by atoms with Gasteiger partial charge in [0.15, 0.2) is 28.6 Å². The zero-order valence-corrected chi connectivity index (χ0v) is 14.6. The molecule has 3 aromatic rings. The van der Waals surface area contributed by atoms with Crippen LogP contribution >= 0.6 is 0 Å². The van der Waals surface area contributed by atoms with Crippen molar-refractivity contribution >= 4 is 11.0 Å². The Morgan fingerprint density at radius 1 is 0.815 bits per heavy atom. The van der Waals surface area contributed by atoms with Crippen molar-refractivity contribution in [2.45, 2.75) is 0 Å². The van der Waals surface area contributed by atoms with Crippen LogP contribution in [-0.2, 0) is 0 Å². The molecule has 1 heterocycles. The third-order valence-electron chi connectivity index (χ3n) is 3.98. The van der Waals surface area contributed by atoms with E-state index in [2.05, 4.69) is 0 Å². The molecule has 4 N–H and O–H groups in total. The molecular weight excluding hydrogens is 360 g/mol. The van der Waals surface area contributed by atoms with Gasteiger partial charge in [-0.2, -0.15) is 0 Å². The molecule has 0 aliphatic carbocycles. The molecule has 0 saturated carbocycles. The van der Waals surface area contributed by atoms with E-state index in [1.54, 1.807) is 0 Å². The fourth-order valence-corrected chi connectivity index (χ4v) is 2.76. The lowest BCUT2D eigenvalue weighted by atomic mass is 10.1. The number of phenolic OH excluding ortho intramolecular Hbond substituents is 4. The van der Waals surface area contributed by atoms with Gasteiger partial charge in [-0.05, 0) is 12.1 Å². The predicted octanol–water partition coefficient (Wildman–Crippen LogP) is 2.31. The molecule has 0 atom stereocenters. The minimum absolute atomic E-state index is 0.0726. The molecule has 0 amide bonds. The van der Waals surface area contributed by atoms with E-state index in [1.165, 1.54) is 33.5 Å². The summed E-state index contributed by atoms with van der Waals surface area (Å²) in [4.78, 5) is 12.8. The highest BCUT2D eigenvalue weighted by Crippen LogP contribution is 2.45. The van der Waals surface area contributed by atoms with Crippen LogP contribution in [0.2, 0.25) is 0 Å². The first-order chi connectivity index (χ1) is 12.8. The van der Waals surface area contributed by atoms with Crippen molar-refractivity contribution in [2.75, 3.05) is 21.3 Å². The summed E-state index contributed by atoms with van der Waals surface area (Å²) in [5, 5.41) is 40.1. The number of hydrogen-bond donors (Lipinski definition) is 4. The lowest BCUT2D eigenvalue weighted by molar-refractivity contribution is 0.344. The van der Waals surface area contributed by atoms with Gasteiger partial charge >= 0.3 is 0 Å². The Balaban J connectivity index is 2.44. The molecule has 0 fully saturated rings. The van der Waals surface area contributed by atoms with Crippen molar-refractivity contribution in [1.82, 2.24) is 0 Å². The Hall–Kier alpha value is -3.75. The number of rotatable bonds is 4. The maximum atomic E-state index is 12.8. The summed E-state index contributed by atoms with van der Waals surface area (Å²) in [5.74, 6) is -2.56. The lowest BCUT2D eigenvalue weighted by Crippen LogP contribution is -2.08. The molecule has 0 aliphatic rings. The first-order valence-corrected chi connectivity index (χ1v) is 7.58. The second kappa shape index (κ2) is 6.52. The van der Waals surface area contributed by atoms with Crippen LogP contribution in [-0.4, -0.2) is 41.8 Å². The molecule has 0 bridgehead atoms. The molecular formula is C18H16O9. The maximum Gasteiger partial charge on any atom is 0.239 e. The second-order valence-electron chi connectivity index (χ2n) is 5.49. The maximum absolute atomic E-state index is 12.8. The summed E-state index contributed by atoms with van der Waals surface area (Å²) in [5.41, 5.74) is -1.04. The lowest BCUT2D eigenvalue weighted by Gasteiger charge is -2.13. The number of hydrogen-bond acceptors (Lipinski definition) is 9. The fourth-order valence-electron chi connectivity index (χ4n) is 2.76. The van der Waals surface area contributed by atoms with Crippen molar-refractivity contribution in [1.29, 1.82) is 0 Å². The van der Waals surface area contributed by atoms with Crippen LogP contribution < -0.4 is 19.6 Å². The summed E-state index contributed by atoms with van der Waals surface area (Å²) >= 11 is 0. The molecule has 0 saturated heterocycles. The van der Waals surface area contributed by atoms with E-state index in [9.17, 15) is 25.2 Å². The average molecular weight is 376 g/mol. The van der Waals surface area contributed by atoms with Gasteiger partial charge in [-0.25, -0.2) is 0 Å². The van der Waals surface area contributed by atoms with Gasteiger partial charge in [-0.15, -0.1) is 0 Å². The van der Waals surface area contributed by atoms with E-state index in [0.29, 0.717) is 0 Å². The molecule has 0 unspecified atom stereocenters. The monoisotopic (exact) mass is 376 g/mol. The van der Waals surface area contributed by atoms with Gasteiger partial charge in [0.25, 0.3) is 0 Å². The van der Waals surface area contributed by atoms with Gasteiger partial charge in [0.1, 0.15) is 11.1 Å². The Morgan fingerprint density at radius 3 is 1.93 bits per heavy atom. The highest BCUT2D eigenvalue weighted by atomic mass is 16.5. The van der Waals surface area contributed by atoms with Crippen molar-refractivity contribution in [3.8, 4) is 51.6 Å². The van der Waals surface area contributed by atoms with Crippen LogP contribution in [0.5, 0.6) is 40.2 Å². The Labute approximate surface area is 152 Å². The molecule has 1 aromatic heterocycles. The Morgan fingerprint density at radius 2 is 1.41 bits per heavy atom. The van der Waals surface area contributed by atoms with Crippen molar-refractivity contribution in [2.24, 2.45) is 0 Å². The Bertz CT molecular complexity index is 1080. The number of methoxy groups -OCH3 is 3. The smallest absolute Gasteiger partial charge is 0.239 e. The minimum atomic E-state index is -0.765. The predicted molar refractivity (Wildman–Crippen MR) is 94.2 cm³/mol. The molecule has 9 heteroatoms. The normalized spacial score (nSPS) is 10.8. The average Bonchev–Trinajstić information content (AvgIpc) is 2.63. The largest absolute Gasteiger partial charge is 0.507 e. The third kappa shape index (κ3) is 2.69. The number of fused-ring (bicyclic) bond motifs is 1. The molecule has 9 nitrogen and oxygen atoms in total. The number of benzene rings is 2. The van der Waals surface area contributed by atoms with Crippen LogP contribution in [0.4, 0.5) is 0 Å². The van der Waals surface area contributed by atoms with Gasteiger partial charge < -0.3 is 39.1 Å². The van der Waals surface area contributed by atoms with Crippen LogP contribution in [0.15, 0.2) is 27.4 Å². The summed E-state index contributed by atoms with van der Waals surface area (Å²) in [6.45, 7) is 0. The minimum Gasteiger partial charge on any atom is -0.507 e. The fraction of sp³-hybridized carbons (Fsp3) is 0.167. The first-order valence-electron chi connectivity index (χ1n) is 7.58. The number of aromatic hydroxyl groups is 4. The summed E-state index contributed by atoms with van der Waals surface area (Å²) < 4.78 is 20.5. The summed E-state index contributed by atoms with van der Waals surface area (Å²) in [7, 11) is 3.74. The van der Waals surface area contributed by atoms with Gasteiger partial charge in [0.05, 0.1) is 21.3 Å². The molecule has 0 spiro atoms. The van der Waals surface area contributed by atoms with Gasteiger partial charge in [0, 0.05) is 11.6 Å². The molecule has 0 aliphatic heterocycles. The van der Waals surface area contributed by atoms with E-state index in [-0.39, 0.29) is 39.5 Å². The van der Waals surface area contributed by atoms with Crippen molar-refractivity contribution in [3.63, 3.8) is 0 Å². The summed E-state index contributed by atoms with van der Waals surface area (Å²) in [6, 6.07) is 3.43. The highest BCUT2D eigenvalue weighted by Gasteiger charge is 2.25. The second-order valence-corrected chi connectivity index (χ2v) is 5.49. The first kappa shape index (κ1) is 18.1. The summed E-state index contributed by atoms with van der Waals surface area (Å²) in [6.07, 6.45) is 0. The van der Waals surface area contributed by atoms with Gasteiger partial charge in [-0.3, -0.25) is 4.79 Å². The third-order valence-corrected chi connectivity index (χ3v) is 3.98. The van der Waals surface area contributed by atoms with E-state index < -0.39 is 28.4 Å². The number of ether oxygens (including phenoxy) is 3. The van der Waals surface area contributed by atoms with Crippen molar-refractivity contribution in [3.05, 3.63) is 28.4 Å². The highest BCUT2D eigenvalue weighted by molar-refractivity contribution is 5.93. The molecule has 3 rings (SSSR count). The SMILES string of the molecule is COc1cc(O)c2c(=O)c(OC)c(-c3cc(O)c(OC)c(O)c3)oc2c1O. The topological polar surface area (TPSA) is 139 Å². The van der Waals surface area contributed by atoms with E-state index in [4.69, 9.17) is 18.6 Å². The molecule has 0 radical (unpaired) electrons. The van der Waals surface area contributed by atoms with Crippen LogP contribution in [0.3, 0.4) is 0 Å². The van der Waals surface area contributed by atoms with Crippen LogP contribution in [0.1, 0.15) is 0 Å². The standard InChI is InChI=1S/C18H16O9/c1-24-11-6-8(19)12-14(23)18(26-3)15(27-17(12)13(11)22)7-4-9(20)16(25-2)10(21)5-7/h4-6,19-22H,1-3H3. The zero-order chi connectivity index (χ0) is 19.9. The van der Waals surface area contributed by atoms with E-state index in [0.717, 1.165) is 6.07 Å². The molecule has 27 heavy (non-hydrogen) atoms. The number of phenols is 4. The van der Waals surface area contributed by atoms with Gasteiger partial charge in [0.2, 0.25) is 22.7 Å². The zero-order valence-electron chi connectivity index (χ0n) is 14.6. The van der Waals surface area contributed by atoms with E-state index in [1.807, 2.05) is 0 Å². The molecule has 2 aromatic carbocycles. The van der Waals surface area contributed by atoms with Crippen molar-refractivity contribution < 1.29 is 39.1 Å². The quantitative estimate of drug-likeness (QED) is 0.505. The van der Waals surface area contributed by atoms with Crippen LogP contribution in [0.25, 0.3) is 22.3 Å². The molecule has 142 valence electrons. The van der Waals surface area contributed by atoms with Gasteiger partial charge in [-0.1, -0.05) is 0 Å². The Kier molecular flexibility index (Phi) is 4.36. The van der Waals surface area contributed by atoms with Crippen LogP contribution in [0, 0.1) is 0 Å².